The molecule has 8 heteroatoms. The number of rotatable bonds is 2. The minimum atomic E-state index is -4.61. The topological polar surface area (TPSA) is 77.4 Å². The lowest BCUT2D eigenvalue weighted by Crippen LogP contribution is -2.29. The molecule has 31 heavy (non-hydrogen) atoms. The smallest absolute Gasteiger partial charge is 0.366 e. The summed E-state index contributed by atoms with van der Waals surface area (Å²) in [6, 6.07) is 19.8. The van der Waals surface area contributed by atoms with Gasteiger partial charge >= 0.3 is 6.18 Å². The van der Waals surface area contributed by atoms with Crippen LogP contribution in [0.5, 0.6) is 0 Å². The number of nitrogens with one attached hydrogen (secondary N) is 1. The van der Waals surface area contributed by atoms with E-state index in [1.807, 2.05) is 16.9 Å². The molecule has 5 nitrogen and oxygen atoms in total. The van der Waals surface area contributed by atoms with Crippen LogP contribution >= 0.6 is 0 Å². The molecule has 0 fully saturated rings. The van der Waals surface area contributed by atoms with Gasteiger partial charge in [0.2, 0.25) is 0 Å². The van der Waals surface area contributed by atoms with Crippen LogP contribution in [0.1, 0.15) is 6.92 Å². The van der Waals surface area contributed by atoms with Gasteiger partial charge in [0.1, 0.15) is 5.92 Å². The standard InChI is InChI=1S/C15H14N2.C8H4F3N3/c1-2-17-15-9-8-13(10-14(15)11-16-17)12-6-4-3-5-7-12;9-8(10,11)7-5(1-12)3-14-4-6(7)2-13/h3-11H,2H2,1H3;3-4,7,14H. The molecule has 0 radical (unpaired) electrons. The van der Waals surface area contributed by atoms with Crippen molar-refractivity contribution in [2.75, 3.05) is 0 Å². The van der Waals surface area contributed by atoms with Crippen LogP contribution < -0.4 is 5.32 Å². The molecule has 0 aliphatic carbocycles. The van der Waals surface area contributed by atoms with Crippen LogP contribution in [0.25, 0.3) is 22.0 Å². The molecule has 0 bridgehead atoms. The number of benzene rings is 2. The maximum absolute atomic E-state index is 12.4. The van der Waals surface area contributed by atoms with E-state index in [0.29, 0.717) is 0 Å². The summed E-state index contributed by atoms with van der Waals surface area (Å²) in [4.78, 5) is 0. The largest absolute Gasteiger partial charge is 0.401 e. The maximum atomic E-state index is 12.4. The summed E-state index contributed by atoms with van der Waals surface area (Å²) in [5.74, 6) is -2.10. The Morgan fingerprint density at radius 3 is 2.19 bits per heavy atom. The summed E-state index contributed by atoms with van der Waals surface area (Å²) in [7, 11) is 0. The highest BCUT2D eigenvalue weighted by Crippen LogP contribution is 2.37. The average Bonchev–Trinajstić information content (AvgIpc) is 3.21. The summed E-state index contributed by atoms with van der Waals surface area (Å²) in [5.41, 5.74) is 2.69. The Morgan fingerprint density at radius 2 is 1.65 bits per heavy atom. The lowest BCUT2D eigenvalue weighted by atomic mass is 9.91. The normalized spacial score (nSPS) is 13.7. The van der Waals surface area contributed by atoms with Crippen molar-refractivity contribution in [1.29, 1.82) is 10.5 Å². The molecule has 1 aliphatic heterocycles. The number of fused-ring (bicyclic) bond motifs is 1. The molecule has 1 N–H and O–H groups in total. The first kappa shape index (κ1) is 21.7. The van der Waals surface area contributed by atoms with Gasteiger partial charge in [0.25, 0.3) is 0 Å². The third-order valence-electron chi connectivity index (χ3n) is 4.73. The second-order valence-corrected chi connectivity index (χ2v) is 6.66. The molecule has 2 heterocycles. The van der Waals surface area contributed by atoms with Gasteiger partial charge in [0.15, 0.2) is 0 Å². The van der Waals surface area contributed by atoms with Crippen LogP contribution in [-0.2, 0) is 6.54 Å². The van der Waals surface area contributed by atoms with E-state index >= 15 is 0 Å². The Morgan fingerprint density at radius 1 is 1.00 bits per heavy atom. The van der Waals surface area contributed by atoms with E-state index in [1.54, 1.807) is 0 Å². The van der Waals surface area contributed by atoms with Gasteiger partial charge in [-0.25, -0.2) is 0 Å². The van der Waals surface area contributed by atoms with E-state index < -0.39 is 23.2 Å². The molecule has 3 aromatic rings. The van der Waals surface area contributed by atoms with Crippen molar-refractivity contribution in [1.82, 2.24) is 15.1 Å². The average molecular weight is 421 g/mol. The Bertz CT molecular complexity index is 1180. The van der Waals surface area contributed by atoms with E-state index in [4.69, 9.17) is 10.5 Å². The Hall–Kier alpha value is -4.04. The van der Waals surface area contributed by atoms with Crippen molar-refractivity contribution >= 4 is 10.9 Å². The number of aromatic nitrogens is 2. The lowest BCUT2D eigenvalue weighted by molar-refractivity contribution is -0.152. The van der Waals surface area contributed by atoms with Gasteiger partial charge in [-0.05, 0) is 30.2 Å². The Kier molecular flexibility index (Phi) is 6.42. The number of nitrogens with zero attached hydrogens (tertiary/aromatic N) is 4. The van der Waals surface area contributed by atoms with Gasteiger partial charge in [-0.3, -0.25) is 4.68 Å². The predicted octanol–water partition coefficient (Wildman–Crippen LogP) is 5.31. The van der Waals surface area contributed by atoms with Crippen LogP contribution in [0.15, 0.2) is 78.3 Å². The van der Waals surface area contributed by atoms with Gasteiger partial charge in [-0.1, -0.05) is 36.4 Å². The fourth-order valence-electron chi connectivity index (χ4n) is 3.25. The van der Waals surface area contributed by atoms with E-state index in [2.05, 4.69) is 59.8 Å². The molecule has 0 unspecified atom stereocenters. The summed E-state index contributed by atoms with van der Waals surface area (Å²) < 4.78 is 39.2. The third-order valence-corrected chi connectivity index (χ3v) is 4.73. The van der Waals surface area contributed by atoms with Crippen molar-refractivity contribution in [3.63, 3.8) is 0 Å². The predicted molar refractivity (Wildman–Crippen MR) is 111 cm³/mol. The number of hydrogen-bond acceptors (Lipinski definition) is 4. The van der Waals surface area contributed by atoms with Gasteiger partial charge in [0, 0.05) is 24.3 Å². The first-order valence-corrected chi connectivity index (χ1v) is 9.43. The third kappa shape index (κ3) is 4.76. The number of halogens is 3. The Balaban J connectivity index is 0.000000180. The quantitative estimate of drug-likeness (QED) is 0.609. The molecule has 1 aromatic heterocycles. The van der Waals surface area contributed by atoms with E-state index in [1.165, 1.54) is 34.2 Å². The molecule has 0 amide bonds. The molecule has 0 atom stereocenters. The number of nitriles is 2. The summed E-state index contributed by atoms with van der Waals surface area (Å²) >= 11 is 0. The van der Waals surface area contributed by atoms with Crippen LogP contribution in [0.3, 0.4) is 0 Å². The highest BCUT2D eigenvalue weighted by molar-refractivity contribution is 5.84. The lowest BCUT2D eigenvalue weighted by Gasteiger charge is -2.21. The van der Waals surface area contributed by atoms with Crippen LogP contribution in [-0.4, -0.2) is 16.0 Å². The zero-order valence-electron chi connectivity index (χ0n) is 16.6. The number of allylic oxidation sites excluding steroid dienone is 2. The maximum Gasteiger partial charge on any atom is 0.401 e. The number of dihydropyridines is 1. The molecule has 1 aliphatic rings. The van der Waals surface area contributed by atoms with Crippen LogP contribution in [0, 0.1) is 28.6 Å². The zero-order valence-corrected chi connectivity index (χ0v) is 16.6. The Labute approximate surface area is 177 Å². The summed E-state index contributed by atoms with van der Waals surface area (Å²) in [6.07, 6.45) is -0.783. The summed E-state index contributed by atoms with van der Waals surface area (Å²) in [5, 5.41) is 24.8. The highest BCUT2D eigenvalue weighted by Gasteiger charge is 2.46. The second kappa shape index (κ2) is 9.19. The molecular weight excluding hydrogens is 403 g/mol. The fraction of sp³-hybridized carbons (Fsp3) is 0.174. The fourth-order valence-corrected chi connectivity index (χ4v) is 3.25. The molecule has 2 aromatic carbocycles. The van der Waals surface area contributed by atoms with Gasteiger partial charge in [-0.15, -0.1) is 0 Å². The van der Waals surface area contributed by atoms with Crippen LogP contribution in [0.4, 0.5) is 13.2 Å². The monoisotopic (exact) mass is 421 g/mol. The first-order chi connectivity index (χ1) is 14.9. The highest BCUT2D eigenvalue weighted by atomic mass is 19.4. The molecule has 0 saturated heterocycles. The second-order valence-electron chi connectivity index (χ2n) is 6.66. The SMILES string of the molecule is CCn1ncc2cc(-c3ccccc3)ccc21.N#CC1=CNC=C(C#N)C1C(F)(F)F. The minimum Gasteiger partial charge on any atom is -0.366 e. The van der Waals surface area contributed by atoms with Crippen molar-refractivity contribution in [3.8, 4) is 23.3 Å². The van der Waals surface area contributed by atoms with E-state index in [0.717, 1.165) is 18.9 Å². The molecule has 0 spiro atoms. The molecule has 4 rings (SSSR count). The van der Waals surface area contributed by atoms with E-state index in [-0.39, 0.29) is 0 Å². The van der Waals surface area contributed by atoms with Crippen LogP contribution in [0.2, 0.25) is 0 Å². The minimum absolute atomic E-state index is 0.503. The van der Waals surface area contributed by atoms with Gasteiger partial charge < -0.3 is 5.32 Å². The van der Waals surface area contributed by atoms with Gasteiger partial charge in [-0.2, -0.15) is 28.8 Å². The number of alkyl halides is 3. The van der Waals surface area contributed by atoms with Crippen molar-refractivity contribution in [3.05, 3.63) is 78.3 Å². The number of hydrogen-bond donors (Lipinski definition) is 1. The van der Waals surface area contributed by atoms with Crippen molar-refractivity contribution < 1.29 is 13.2 Å². The van der Waals surface area contributed by atoms with Crippen molar-refractivity contribution in [2.24, 2.45) is 5.92 Å². The van der Waals surface area contributed by atoms with Crippen molar-refractivity contribution in [2.45, 2.75) is 19.6 Å². The van der Waals surface area contributed by atoms with Gasteiger partial charge in [0.05, 0.1) is 35.0 Å². The molecule has 156 valence electrons. The molecule has 0 saturated carbocycles. The number of aryl methyl sites for hydroxylation is 1. The first-order valence-electron chi connectivity index (χ1n) is 9.43. The molecular formula is C23H18F3N5. The zero-order chi connectivity index (χ0) is 22.4. The van der Waals surface area contributed by atoms with E-state index in [9.17, 15) is 13.2 Å². The summed E-state index contributed by atoms with van der Waals surface area (Å²) in [6.45, 7) is 3.02.